The smallest absolute Gasteiger partial charge is 0.330 e. The maximum Gasteiger partial charge on any atom is 0.434 e. The number of carbonyl (C=O) groups is 1. The van der Waals surface area contributed by atoms with Crippen molar-refractivity contribution >= 4 is 64.1 Å². The van der Waals surface area contributed by atoms with Gasteiger partial charge in [-0.1, -0.05) is 41.6 Å². The number of nitrogens with one attached hydrogen (secondary N) is 1. The third-order valence-corrected chi connectivity index (χ3v) is 10.0. The van der Waals surface area contributed by atoms with Gasteiger partial charge < -0.3 is 9.84 Å². The van der Waals surface area contributed by atoms with Gasteiger partial charge in [-0.05, 0) is 68.1 Å². The van der Waals surface area contributed by atoms with Crippen LogP contribution in [0.5, 0.6) is 0 Å². The summed E-state index contributed by atoms with van der Waals surface area (Å²) in [6, 6.07) is 19.6. The SMILES string of the molecule is CCOP(=S)(c1ccccc1)N(SCNC(=O)O/N=C(\C)SC)c1ccccc1. The minimum Gasteiger partial charge on any atom is -0.330 e. The summed E-state index contributed by atoms with van der Waals surface area (Å²) >= 11 is 8.85. The van der Waals surface area contributed by atoms with Crippen molar-refractivity contribution in [1.82, 2.24) is 5.32 Å². The molecule has 0 fully saturated rings. The van der Waals surface area contributed by atoms with E-state index in [1.807, 2.05) is 77.9 Å². The van der Waals surface area contributed by atoms with Gasteiger partial charge >= 0.3 is 6.09 Å². The molecule has 2 rings (SSSR count). The van der Waals surface area contributed by atoms with Gasteiger partial charge in [0.2, 0.25) is 0 Å². The Morgan fingerprint density at radius 3 is 2.38 bits per heavy atom. The molecule has 0 aliphatic heterocycles. The molecule has 1 unspecified atom stereocenters. The second-order valence-corrected chi connectivity index (χ2v) is 11.4. The van der Waals surface area contributed by atoms with Gasteiger partial charge in [0.15, 0.2) is 6.42 Å². The molecular weight excluding hydrogens is 445 g/mol. The summed E-state index contributed by atoms with van der Waals surface area (Å²) < 4.78 is 8.13. The number of hydrogen-bond acceptors (Lipinski definition) is 7. The number of rotatable bonds is 9. The van der Waals surface area contributed by atoms with Gasteiger partial charge in [-0.25, -0.2) is 4.79 Å². The predicted molar refractivity (Wildman–Crippen MR) is 130 cm³/mol. The van der Waals surface area contributed by atoms with Gasteiger partial charge in [0.1, 0.15) is 5.04 Å². The van der Waals surface area contributed by atoms with Crippen LogP contribution in [0.4, 0.5) is 10.5 Å². The summed E-state index contributed by atoms with van der Waals surface area (Å²) in [5, 5.41) is 8.02. The van der Waals surface area contributed by atoms with Gasteiger partial charge in [-0.15, -0.1) is 11.8 Å². The molecule has 6 nitrogen and oxygen atoms in total. The highest BCUT2D eigenvalue weighted by Gasteiger charge is 2.30. The first kappa shape index (κ1) is 23.8. The standard InChI is InChI=1S/C19H24N3O3PS3/c1-4-24-26(27,18-13-9-6-10-14-18)22(17-11-7-5-8-12-17)29-15-20-19(23)25-21-16(2)28-3/h5-14H,4,15H2,1-3H3,(H,20,23)/b21-16+. The third kappa shape index (κ3) is 7.04. The number of para-hydroxylation sites is 1. The summed E-state index contributed by atoms with van der Waals surface area (Å²) in [4.78, 5) is 16.7. The van der Waals surface area contributed by atoms with E-state index in [0.717, 1.165) is 11.0 Å². The van der Waals surface area contributed by atoms with Crippen LogP contribution in [0.25, 0.3) is 0 Å². The Morgan fingerprint density at radius 2 is 1.79 bits per heavy atom. The van der Waals surface area contributed by atoms with Gasteiger partial charge in [-0.3, -0.25) is 8.91 Å². The van der Waals surface area contributed by atoms with Crippen molar-refractivity contribution in [3.63, 3.8) is 0 Å². The molecule has 0 spiro atoms. The predicted octanol–water partition coefficient (Wildman–Crippen LogP) is 5.19. The molecule has 2 aromatic carbocycles. The fraction of sp³-hybridized carbons (Fsp3) is 0.263. The van der Waals surface area contributed by atoms with Crippen LogP contribution in [0.15, 0.2) is 65.8 Å². The molecule has 0 bridgehead atoms. The van der Waals surface area contributed by atoms with E-state index in [4.69, 9.17) is 21.2 Å². The lowest BCUT2D eigenvalue weighted by atomic mass is 10.3. The van der Waals surface area contributed by atoms with Crippen LogP contribution in [0, 0.1) is 0 Å². The second kappa shape index (κ2) is 12.2. The first-order valence-electron chi connectivity index (χ1n) is 8.83. The summed E-state index contributed by atoms with van der Waals surface area (Å²) in [5.41, 5.74) is 0.907. The van der Waals surface area contributed by atoms with Crippen LogP contribution in [0.3, 0.4) is 0 Å². The molecule has 10 heteroatoms. The fourth-order valence-electron chi connectivity index (χ4n) is 2.21. The Labute approximate surface area is 185 Å². The minimum absolute atomic E-state index is 0.250. The van der Waals surface area contributed by atoms with Gasteiger partial charge in [-0.2, -0.15) is 0 Å². The van der Waals surface area contributed by atoms with Crippen LogP contribution < -0.4 is 14.7 Å². The fourth-order valence-corrected chi connectivity index (χ4v) is 7.29. The quantitative estimate of drug-likeness (QED) is 0.103. The van der Waals surface area contributed by atoms with Crippen LogP contribution in [0.1, 0.15) is 13.8 Å². The number of anilines is 1. The highest BCUT2D eigenvalue weighted by Crippen LogP contribution is 2.55. The van der Waals surface area contributed by atoms with Crippen LogP contribution in [-0.2, 0) is 21.2 Å². The molecule has 0 saturated carbocycles. The number of benzene rings is 2. The third-order valence-electron chi connectivity index (χ3n) is 3.56. The van der Waals surface area contributed by atoms with Crippen LogP contribution in [0.2, 0.25) is 0 Å². The van der Waals surface area contributed by atoms with Gasteiger partial charge in [0.25, 0.3) is 0 Å². The molecule has 0 aliphatic carbocycles. The lowest BCUT2D eigenvalue weighted by molar-refractivity contribution is 0.153. The Hall–Kier alpha value is -1.51. The Kier molecular flexibility index (Phi) is 10.0. The molecule has 1 amide bonds. The Bertz CT molecular complexity index is 854. The van der Waals surface area contributed by atoms with Crippen molar-refractivity contribution in [3.8, 4) is 0 Å². The highest BCUT2D eigenvalue weighted by atomic mass is 32.5. The maximum atomic E-state index is 11.9. The van der Waals surface area contributed by atoms with Crippen molar-refractivity contribution in [3.05, 3.63) is 60.7 Å². The molecule has 1 atom stereocenters. The van der Waals surface area contributed by atoms with Crippen molar-refractivity contribution in [1.29, 1.82) is 0 Å². The van der Waals surface area contributed by atoms with Crippen LogP contribution >= 0.6 is 30.1 Å². The summed E-state index contributed by atoms with van der Waals surface area (Å²) in [5.74, 6) is 0.250. The maximum absolute atomic E-state index is 11.9. The van der Waals surface area contributed by atoms with E-state index < -0.39 is 12.5 Å². The first-order chi connectivity index (χ1) is 14.0. The van der Waals surface area contributed by atoms with E-state index in [9.17, 15) is 4.79 Å². The molecule has 0 heterocycles. The molecule has 0 saturated heterocycles. The lowest BCUT2D eigenvalue weighted by Gasteiger charge is -2.35. The van der Waals surface area contributed by atoms with Crippen molar-refractivity contribution < 1.29 is 14.2 Å². The summed E-state index contributed by atoms with van der Waals surface area (Å²) in [7, 11) is 0. The number of carbonyl (C=O) groups excluding carboxylic acids is 1. The second-order valence-electron chi connectivity index (χ2n) is 5.53. The molecule has 0 aliphatic rings. The number of oxime groups is 1. The van der Waals surface area contributed by atoms with E-state index in [1.165, 1.54) is 23.7 Å². The number of nitrogens with zero attached hydrogens (tertiary/aromatic N) is 2. The highest BCUT2D eigenvalue weighted by molar-refractivity contribution is 8.24. The number of thioether (sulfide) groups is 1. The van der Waals surface area contributed by atoms with E-state index in [2.05, 4.69) is 10.5 Å². The Balaban J connectivity index is 2.21. The molecule has 156 valence electrons. The molecule has 1 N–H and O–H groups in total. The van der Waals surface area contributed by atoms with Crippen molar-refractivity contribution in [2.75, 3.05) is 22.8 Å². The van der Waals surface area contributed by atoms with E-state index >= 15 is 0 Å². The van der Waals surface area contributed by atoms with Crippen molar-refractivity contribution in [2.24, 2.45) is 5.16 Å². The minimum atomic E-state index is -2.59. The van der Waals surface area contributed by atoms with E-state index in [0.29, 0.717) is 11.7 Å². The van der Waals surface area contributed by atoms with Crippen molar-refractivity contribution in [2.45, 2.75) is 13.8 Å². The van der Waals surface area contributed by atoms with Crippen LogP contribution in [-0.4, -0.2) is 29.9 Å². The van der Waals surface area contributed by atoms with E-state index in [1.54, 1.807) is 6.92 Å². The monoisotopic (exact) mass is 469 g/mol. The molecular formula is C19H24N3O3PS3. The topological polar surface area (TPSA) is 63.2 Å². The summed E-state index contributed by atoms with van der Waals surface area (Å²) in [6.07, 6.45) is -1.36. The zero-order chi connectivity index (χ0) is 21.1. The average molecular weight is 470 g/mol. The molecule has 0 aromatic heterocycles. The number of hydrogen-bond donors (Lipinski definition) is 1. The zero-order valence-electron chi connectivity index (χ0n) is 16.5. The average Bonchev–Trinajstić information content (AvgIpc) is 2.76. The Morgan fingerprint density at radius 1 is 1.17 bits per heavy atom. The largest absolute Gasteiger partial charge is 0.434 e. The van der Waals surface area contributed by atoms with Gasteiger partial charge in [0, 0.05) is 5.30 Å². The lowest BCUT2D eigenvalue weighted by Crippen LogP contribution is -2.28. The number of amides is 1. The normalized spacial score (nSPS) is 13.4. The van der Waals surface area contributed by atoms with E-state index in [-0.39, 0.29) is 5.88 Å². The summed E-state index contributed by atoms with van der Waals surface area (Å²) in [6.45, 7) is 4.18. The zero-order valence-corrected chi connectivity index (χ0v) is 19.8. The molecule has 29 heavy (non-hydrogen) atoms. The van der Waals surface area contributed by atoms with Gasteiger partial charge in [0.05, 0.1) is 18.2 Å². The molecule has 0 radical (unpaired) electrons. The first-order valence-corrected chi connectivity index (χ1v) is 13.7. The molecule has 2 aromatic rings.